The summed E-state index contributed by atoms with van der Waals surface area (Å²) in [6.07, 6.45) is -4.26. The number of methoxy groups -OCH3 is 1. The molecule has 1 aliphatic carbocycles. The number of primary amides is 1. The van der Waals surface area contributed by atoms with Gasteiger partial charge in [0, 0.05) is 37.9 Å². The first-order valence-electron chi connectivity index (χ1n) is 13.9. The zero-order valence-corrected chi connectivity index (χ0v) is 23.1. The second-order valence-electron chi connectivity index (χ2n) is 10.8. The SMILES string of the molecule is CO[C@H]1[C@@H](O)[C@H](n2ccc(=O)[nH]c2=O)O[C@@H]1C(O[C@H]1OC(C(=O)Nc2ccccc2)=C[C@@H]2OC3(CCCC3)O[C@H]12)C(N)=O. The summed E-state index contributed by atoms with van der Waals surface area (Å²) in [4.78, 5) is 52.1. The van der Waals surface area contributed by atoms with Crippen LogP contribution in [0.25, 0.3) is 0 Å². The number of carbonyl (C=O) groups excluding carboxylic acids is 2. The van der Waals surface area contributed by atoms with Crippen molar-refractivity contribution in [3.63, 3.8) is 0 Å². The van der Waals surface area contributed by atoms with Crippen molar-refractivity contribution in [2.75, 3.05) is 12.4 Å². The van der Waals surface area contributed by atoms with Crippen molar-refractivity contribution < 1.29 is 43.1 Å². The molecule has 4 heterocycles. The number of ether oxygens (including phenoxy) is 6. The van der Waals surface area contributed by atoms with Crippen molar-refractivity contribution in [3.8, 4) is 0 Å². The summed E-state index contributed by atoms with van der Waals surface area (Å²) in [6, 6.07) is 9.83. The molecular weight excluding hydrogens is 568 g/mol. The number of aromatic amines is 1. The van der Waals surface area contributed by atoms with E-state index in [1.54, 1.807) is 24.3 Å². The summed E-state index contributed by atoms with van der Waals surface area (Å²) in [6.45, 7) is 0. The number of nitrogens with one attached hydrogen (secondary N) is 2. The Morgan fingerprint density at radius 1 is 1.16 bits per heavy atom. The highest BCUT2D eigenvalue weighted by molar-refractivity contribution is 6.02. The van der Waals surface area contributed by atoms with E-state index in [9.17, 15) is 24.3 Å². The van der Waals surface area contributed by atoms with Crippen LogP contribution in [0.2, 0.25) is 0 Å². The summed E-state index contributed by atoms with van der Waals surface area (Å²) in [5.74, 6) is -2.58. The van der Waals surface area contributed by atoms with Gasteiger partial charge < -0.3 is 44.6 Å². The van der Waals surface area contributed by atoms with Crippen LogP contribution in [0.4, 0.5) is 5.69 Å². The Hall–Kier alpha value is -3.86. The van der Waals surface area contributed by atoms with Crippen LogP contribution in [0.15, 0.2) is 64.0 Å². The largest absolute Gasteiger partial charge is 0.456 e. The van der Waals surface area contributed by atoms with Gasteiger partial charge in [0.15, 0.2) is 30.0 Å². The molecule has 6 rings (SSSR count). The number of para-hydroxylation sites is 1. The van der Waals surface area contributed by atoms with Crippen LogP contribution in [-0.4, -0.2) is 82.3 Å². The van der Waals surface area contributed by atoms with Crippen LogP contribution in [0.1, 0.15) is 31.9 Å². The summed E-state index contributed by atoms with van der Waals surface area (Å²) < 4.78 is 37.0. The molecule has 1 saturated carbocycles. The first kappa shape index (κ1) is 29.2. The predicted octanol–water partition coefficient (Wildman–Crippen LogP) is -0.386. The minimum atomic E-state index is -1.60. The fraction of sp³-hybridized carbons (Fsp3) is 0.500. The van der Waals surface area contributed by atoms with E-state index >= 15 is 0 Å². The fourth-order valence-electron chi connectivity index (χ4n) is 5.98. The zero-order valence-electron chi connectivity index (χ0n) is 23.1. The van der Waals surface area contributed by atoms with Crippen molar-refractivity contribution >= 4 is 17.5 Å². The van der Waals surface area contributed by atoms with E-state index in [2.05, 4.69) is 10.3 Å². The molecule has 1 aromatic carbocycles. The molecule has 3 fully saturated rings. The molecule has 2 aromatic rings. The third-order valence-electron chi connectivity index (χ3n) is 7.98. The van der Waals surface area contributed by atoms with E-state index in [1.807, 2.05) is 6.07 Å². The van der Waals surface area contributed by atoms with E-state index in [0.717, 1.165) is 29.7 Å². The molecule has 15 heteroatoms. The molecule has 15 nitrogen and oxygen atoms in total. The summed E-state index contributed by atoms with van der Waals surface area (Å²) in [7, 11) is 1.28. The van der Waals surface area contributed by atoms with Crippen molar-refractivity contribution in [2.45, 2.75) is 80.6 Å². The number of carbonyl (C=O) groups is 2. The quantitative estimate of drug-likeness (QED) is 0.307. The number of anilines is 1. The number of hydrogen-bond donors (Lipinski definition) is 4. The lowest BCUT2D eigenvalue weighted by Gasteiger charge is -2.35. The second kappa shape index (κ2) is 11.7. The molecule has 0 bridgehead atoms. The van der Waals surface area contributed by atoms with E-state index in [4.69, 9.17) is 34.2 Å². The average molecular weight is 601 g/mol. The van der Waals surface area contributed by atoms with Gasteiger partial charge >= 0.3 is 5.69 Å². The number of aliphatic hydroxyl groups excluding tert-OH is 1. The smallest absolute Gasteiger partial charge is 0.330 e. The molecule has 230 valence electrons. The van der Waals surface area contributed by atoms with E-state index in [1.165, 1.54) is 13.2 Å². The molecule has 4 aliphatic rings. The monoisotopic (exact) mass is 600 g/mol. The van der Waals surface area contributed by atoms with E-state index in [-0.39, 0.29) is 5.76 Å². The molecule has 1 unspecified atom stereocenters. The van der Waals surface area contributed by atoms with Gasteiger partial charge in [0.2, 0.25) is 12.2 Å². The van der Waals surface area contributed by atoms with Gasteiger partial charge in [-0.25, -0.2) is 4.79 Å². The zero-order chi connectivity index (χ0) is 30.3. The molecule has 5 N–H and O–H groups in total. The highest BCUT2D eigenvalue weighted by atomic mass is 16.8. The standard InChI is InChI=1S/C28H32N4O11/c1-38-20-18(34)25(32-12-9-17(33)31-27(32)37)40-21(20)22(23(29)35)41-26-19-15(42-28(43-19)10-5-6-11-28)13-16(39-26)24(36)30-14-7-3-2-4-8-14/h2-4,7-9,12-13,15,18-22,25-26,34H,5-6,10-11H2,1H3,(H2,29,35)(H,30,36)(H,31,33,37)/t15-,18+,19-,20-,21-,22?,25+,26+/m0/s1. The number of fused-ring (bicyclic) bond motifs is 1. The van der Waals surface area contributed by atoms with Crippen LogP contribution in [0, 0.1) is 0 Å². The van der Waals surface area contributed by atoms with Gasteiger partial charge in [-0.05, 0) is 31.1 Å². The number of amides is 2. The maximum atomic E-state index is 13.2. The Balaban J connectivity index is 1.28. The average Bonchev–Trinajstić information content (AvgIpc) is 3.68. The van der Waals surface area contributed by atoms with Gasteiger partial charge in [-0.1, -0.05) is 18.2 Å². The molecule has 2 saturated heterocycles. The number of nitrogens with two attached hydrogens (primary N) is 1. The van der Waals surface area contributed by atoms with Crippen molar-refractivity contribution in [2.24, 2.45) is 5.73 Å². The van der Waals surface area contributed by atoms with Crippen LogP contribution in [-0.2, 0) is 38.0 Å². The minimum Gasteiger partial charge on any atom is -0.456 e. The van der Waals surface area contributed by atoms with Gasteiger partial charge in [-0.2, -0.15) is 0 Å². The van der Waals surface area contributed by atoms with Crippen molar-refractivity contribution in [1.82, 2.24) is 9.55 Å². The van der Waals surface area contributed by atoms with Crippen LogP contribution in [0.5, 0.6) is 0 Å². The maximum Gasteiger partial charge on any atom is 0.330 e. The van der Waals surface area contributed by atoms with Crippen molar-refractivity contribution in [1.29, 1.82) is 0 Å². The Morgan fingerprint density at radius 3 is 2.58 bits per heavy atom. The lowest BCUT2D eigenvalue weighted by molar-refractivity contribution is -0.244. The lowest BCUT2D eigenvalue weighted by atomic mass is 10.0. The van der Waals surface area contributed by atoms with Gasteiger partial charge in [-0.15, -0.1) is 0 Å². The molecule has 43 heavy (non-hydrogen) atoms. The maximum absolute atomic E-state index is 13.2. The molecule has 1 spiro atoms. The number of nitrogens with zero attached hydrogens (tertiary/aromatic N) is 1. The fourth-order valence-corrected chi connectivity index (χ4v) is 5.98. The lowest BCUT2D eigenvalue weighted by Crippen LogP contribution is -2.53. The first-order chi connectivity index (χ1) is 20.7. The van der Waals surface area contributed by atoms with Gasteiger partial charge in [0.25, 0.3) is 11.5 Å². The summed E-state index contributed by atoms with van der Waals surface area (Å²) in [5.41, 5.74) is 4.80. The first-order valence-corrected chi connectivity index (χ1v) is 13.9. The topological polar surface area (TPSA) is 203 Å². The molecular formula is C28H32N4O11. The molecule has 1 aromatic heterocycles. The van der Waals surface area contributed by atoms with Crippen molar-refractivity contribution in [3.05, 3.63) is 75.3 Å². The van der Waals surface area contributed by atoms with Gasteiger partial charge in [0.1, 0.15) is 24.4 Å². The Bertz CT molecular complexity index is 1500. The normalized spacial score (nSPS) is 31.7. The van der Waals surface area contributed by atoms with Crippen LogP contribution in [0.3, 0.4) is 0 Å². The number of H-pyrrole nitrogens is 1. The predicted molar refractivity (Wildman–Crippen MR) is 145 cm³/mol. The van der Waals surface area contributed by atoms with Crippen LogP contribution < -0.4 is 22.3 Å². The minimum absolute atomic E-state index is 0.120. The van der Waals surface area contributed by atoms with E-state index < -0.39 is 78.0 Å². The number of aromatic nitrogens is 2. The Labute approximate surface area is 244 Å². The van der Waals surface area contributed by atoms with Gasteiger partial charge in [-0.3, -0.25) is 23.9 Å². The Kier molecular flexibility index (Phi) is 7.93. The second-order valence-corrected chi connectivity index (χ2v) is 10.8. The number of aliphatic hydroxyl groups is 1. The highest BCUT2D eigenvalue weighted by Crippen LogP contribution is 2.46. The summed E-state index contributed by atoms with van der Waals surface area (Å²) in [5, 5.41) is 13.7. The number of hydrogen-bond acceptors (Lipinski definition) is 11. The molecule has 0 radical (unpaired) electrons. The molecule has 8 atom stereocenters. The molecule has 2 amide bonds. The third kappa shape index (κ3) is 5.62. The van der Waals surface area contributed by atoms with Crippen LogP contribution >= 0.6 is 0 Å². The Morgan fingerprint density at radius 2 is 1.91 bits per heavy atom. The summed E-state index contributed by atoms with van der Waals surface area (Å²) >= 11 is 0. The van der Waals surface area contributed by atoms with Gasteiger partial charge in [0.05, 0.1) is 0 Å². The number of benzene rings is 1. The van der Waals surface area contributed by atoms with E-state index in [0.29, 0.717) is 18.5 Å². The molecule has 3 aliphatic heterocycles. The number of rotatable bonds is 8. The highest BCUT2D eigenvalue weighted by Gasteiger charge is 2.57. The third-order valence-corrected chi connectivity index (χ3v) is 7.98.